The minimum Gasteiger partial charge on any atom is -0.305 e. The van der Waals surface area contributed by atoms with E-state index in [-0.39, 0.29) is 23.6 Å². The molecule has 1 aliphatic carbocycles. The van der Waals surface area contributed by atoms with Crippen molar-refractivity contribution in [2.24, 2.45) is 5.41 Å². The van der Waals surface area contributed by atoms with Crippen molar-refractivity contribution in [2.75, 3.05) is 31.8 Å². The van der Waals surface area contributed by atoms with Crippen LogP contribution in [-0.2, 0) is 10.3 Å². The van der Waals surface area contributed by atoms with E-state index < -0.39 is 11.0 Å². The number of nitrogens with zero attached hydrogens (tertiary/aromatic N) is 4. The molecule has 0 unspecified atom stereocenters. The third-order valence-corrected chi connectivity index (χ3v) is 10.4. The van der Waals surface area contributed by atoms with Crippen molar-refractivity contribution in [3.63, 3.8) is 0 Å². The van der Waals surface area contributed by atoms with Crippen LogP contribution < -0.4 is 0 Å². The average Bonchev–Trinajstić information content (AvgIpc) is 3.58. The predicted octanol–water partition coefficient (Wildman–Crippen LogP) is 5.06. The number of benzene rings is 3. The Bertz CT molecular complexity index is 1630. The molecule has 0 bridgehead atoms. The van der Waals surface area contributed by atoms with Gasteiger partial charge < -0.3 is 4.90 Å². The third-order valence-electron chi connectivity index (χ3n) is 9.36. The Labute approximate surface area is 225 Å². The highest BCUT2D eigenvalue weighted by atomic mass is 32.2. The van der Waals surface area contributed by atoms with Gasteiger partial charge in [-0.15, -0.1) is 11.8 Å². The molecule has 3 fully saturated rings. The number of halogens is 1. The maximum absolute atomic E-state index is 14.7. The minimum absolute atomic E-state index is 0.0966. The van der Waals surface area contributed by atoms with Crippen LogP contribution in [-0.4, -0.2) is 63.4 Å². The number of likely N-dealkylation sites (tertiary alicyclic amines) is 1. The van der Waals surface area contributed by atoms with E-state index in [1.807, 2.05) is 48.2 Å². The largest absolute Gasteiger partial charge is 0.305 e. The molecule has 4 aliphatic rings. The van der Waals surface area contributed by atoms with Gasteiger partial charge in [-0.3, -0.25) is 9.69 Å². The lowest BCUT2D eigenvalue weighted by Crippen LogP contribution is -2.62. The number of fused-ring (bicyclic) bond motifs is 9. The van der Waals surface area contributed by atoms with Crippen LogP contribution in [0.2, 0.25) is 0 Å². The van der Waals surface area contributed by atoms with Crippen LogP contribution in [0.15, 0.2) is 72.8 Å². The van der Waals surface area contributed by atoms with Gasteiger partial charge in [-0.05, 0) is 42.4 Å². The molecule has 3 saturated heterocycles. The minimum atomic E-state index is -0.790. The number of piperidine rings is 1. The molecular formula is C31H27FN4OS. The van der Waals surface area contributed by atoms with Crippen LogP contribution in [0.5, 0.6) is 0 Å². The lowest BCUT2D eigenvalue weighted by atomic mass is 9.56. The highest BCUT2D eigenvalue weighted by Gasteiger charge is 2.76. The normalized spacial score (nSPS) is 30.3. The monoisotopic (exact) mass is 522 g/mol. The summed E-state index contributed by atoms with van der Waals surface area (Å²) in [6.45, 7) is 1.36. The van der Waals surface area contributed by atoms with Crippen molar-refractivity contribution < 1.29 is 9.18 Å². The van der Waals surface area contributed by atoms with Gasteiger partial charge in [0.1, 0.15) is 17.1 Å². The van der Waals surface area contributed by atoms with E-state index in [1.165, 1.54) is 0 Å². The van der Waals surface area contributed by atoms with Crippen LogP contribution in [0, 0.1) is 11.2 Å². The maximum Gasteiger partial charge on any atom is 0.144 e. The van der Waals surface area contributed by atoms with Gasteiger partial charge in [-0.2, -0.15) is 0 Å². The Morgan fingerprint density at radius 1 is 0.974 bits per heavy atom. The topological polar surface area (TPSA) is 49.3 Å². The average molecular weight is 523 g/mol. The smallest absolute Gasteiger partial charge is 0.144 e. The van der Waals surface area contributed by atoms with E-state index in [2.05, 4.69) is 41.1 Å². The zero-order chi connectivity index (χ0) is 25.6. The third kappa shape index (κ3) is 2.67. The molecule has 0 saturated carbocycles. The summed E-state index contributed by atoms with van der Waals surface area (Å²) >= 11 is 1.91. The molecule has 0 radical (unpaired) electrons. The Kier molecular flexibility index (Phi) is 4.77. The molecule has 0 amide bonds. The van der Waals surface area contributed by atoms with E-state index in [4.69, 9.17) is 9.97 Å². The van der Waals surface area contributed by atoms with E-state index >= 15 is 0 Å². The Hall–Kier alpha value is -3.13. The first-order valence-electron chi connectivity index (χ1n) is 13.2. The summed E-state index contributed by atoms with van der Waals surface area (Å²) in [4.78, 5) is 30.1. The summed E-state index contributed by atoms with van der Waals surface area (Å²) in [6, 6.07) is 23.5. The van der Waals surface area contributed by atoms with Crippen LogP contribution in [0.25, 0.3) is 22.3 Å². The maximum atomic E-state index is 14.7. The molecule has 8 rings (SSSR count). The summed E-state index contributed by atoms with van der Waals surface area (Å²) in [7, 11) is 2.12. The standard InChI is InChI=1S/C31H27FN4OS/c1-35-15-14-26(37)30(17-35)27(19-10-12-20(32)13-11-19)25-16-38-18-36(25)31(30)22-7-3-2-6-21(22)28-29(31)34-24-9-5-4-8-23(24)33-28/h2-13,25,27H,14-18H2,1H3/t25-,27-,30+,31-/m0/s1. The zero-order valence-electron chi connectivity index (χ0n) is 21.1. The molecule has 2 spiro atoms. The summed E-state index contributed by atoms with van der Waals surface area (Å²) < 4.78 is 14.1. The van der Waals surface area contributed by atoms with Crippen molar-refractivity contribution in [3.05, 3.63) is 95.4 Å². The van der Waals surface area contributed by atoms with Crippen LogP contribution in [0.3, 0.4) is 0 Å². The van der Waals surface area contributed by atoms with E-state index in [9.17, 15) is 9.18 Å². The number of rotatable bonds is 1. The molecule has 7 heteroatoms. The van der Waals surface area contributed by atoms with E-state index in [1.54, 1.807) is 12.1 Å². The van der Waals surface area contributed by atoms with Gasteiger partial charge >= 0.3 is 0 Å². The highest BCUT2D eigenvalue weighted by molar-refractivity contribution is 7.99. The lowest BCUT2D eigenvalue weighted by molar-refractivity contribution is -0.140. The first-order chi connectivity index (χ1) is 18.6. The van der Waals surface area contributed by atoms with Crippen LogP contribution in [0.4, 0.5) is 4.39 Å². The summed E-state index contributed by atoms with van der Waals surface area (Å²) in [6.07, 6.45) is 0.488. The number of carbonyl (C=O) groups is 1. The van der Waals surface area contributed by atoms with Gasteiger partial charge in [-0.1, -0.05) is 48.5 Å². The second-order valence-electron chi connectivity index (χ2n) is 11.1. The number of carbonyl (C=O) groups excluding carboxylic acids is 1. The number of aromatic nitrogens is 2. The van der Waals surface area contributed by atoms with Crippen molar-refractivity contribution >= 4 is 28.6 Å². The number of thioether (sulfide) groups is 1. The van der Waals surface area contributed by atoms with Crippen molar-refractivity contribution in [1.82, 2.24) is 19.8 Å². The molecule has 5 nitrogen and oxygen atoms in total. The van der Waals surface area contributed by atoms with Gasteiger partial charge in [0, 0.05) is 48.7 Å². The molecule has 0 N–H and O–H groups in total. The molecule has 1 aromatic heterocycles. The summed E-state index contributed by atoms with van der Waals surface area (Å²) in [5.41, 5.74) is 5.18. The molecule has 4 heterocycles. The van der Waals surface area contributed by atoms with Gasteiger partial charge in [-0.25, -0.2) is 14.4 Å². The second-order valence-corrected chi connectivity index (χ2v) is 12.1. The van der Waals surface area contributed by atoms with Crippen molar-refractivity contribution in [2.45, 2.75) is 23.9 Å². The number of para-hydroxylation sites is 2. The first-order valence-corrected chi connectivity index (χ1v) is 14.4. The van der Waals surface area contributed by atoms with Gasteiger partial charge in [0.2, 0.25) is 0 Å². The fourth-order valence-corrected chi connectivity index (χ4v) is 9.38. The number of ketones is 1. The second kappa shape index (κ2) is 7.94. The molecule has 38 heavy (non-hydrogen) atoms. The number of hydrogen-bond donors (Lipinski definition) is 0. The molecule has 4 atom stereocenters. The number of hydrogen-bond acceptors (Lipinski definition) is 6. The quantitative estimate of drug-likeness (QED) is 0.349. The van der Waals surface area contributed by atoms with E-state index in [0.29, 0.717) is 13.0 Å². The Balaban J connectivity index is 1.53. The molecule has 4 aromatic rings. The number of Topliss-reactive ketones (excluding diaryl/α,β-unsaturated/α-hetero) is 1. The molecule has 3 aliphatic heterocycles. The Morgan fingerprint density at radius 3 is 2.53 bits per heavy atom. The zero-order valence-corrected chi connectivity index (χ0v) is 21.9. The molecule has 3 aromatic carbocycles. The van der Waals surface area contributed by atoms with Crippen molar-refractivity contribution in [3.8, 4) is 11.3 Å². The summed E-state index contributed by atoms with van der Waals surface area (Å²) in [5, 5.41) is 0. The summed E-state index contributed by atoms with van der Waals surface area (Å²) in [5.74, 6) is 1.65. The molecule has 190 valence electrons. The lowest BCUT2D eigenvalue weighted by Gasteiger charge is -2.52. The van der Waals surface area contributed by atoms with E-state index in [0.717, 1.165) is 57.3 Å². The fraction of sp³-hybridized carbons (Fsp3) is 0.323. The van der Waals surface area contributed by atoms with Crippen LogP contribution >= 0.6 is 11.8 Å². The van der Waals surface area contributed by atoms with Crippen molar-refractivity contribution in [1.29, 1.82) is 0 Å². The highest BCUT2D eigenvalue weighted by Crippen LogP contribution is 2.71. The first kappa shape index (κ1) is 22.8. The fourth-order valence-electron chi connectivity index (χ4n) is 8.08. The predicted molar refractivity (Wildman–Crippen MR) is 147 cm³/mol. The molecular weight excluding hydrogens is 495 g/mol. The SMILES string of the molecule is CN1CCC(=O)[C@]2(C1)[C@@H](c1ccc(F)cc1)[C@@H]1CSCN1[C@]21c2ccccc2-c2nc3ccccc3nc21. The van der Waals surface area contributed by atoms with Crippen LogP contribution in [0.1, 0.15) is 29.2 Å². The van der Waals surface area contributed by atoms with Gasteiger partial charge in [0.05, 0.1) is 27.8 Å². The Morgan fingerprint density at radius 2 is 1.71 bits per heavy atom. The van der Waals surface area contributed by atoms with Gasteiger partial charge in [0.15, 0.2) is 0 Å². The van der Waals surface area contributed by atoms with Gasteiger partial charge in [0.25, 0.3) is 0 Å².